The zero-order chi connectivity index (χ0) is 12.5. The summed E-state index contributed by atoms with van der Waals surface area (Å²) in [4.78, 5) is 9.16. The molecule has 0 saturated heterocycles. The zero-order valence-electron chi connectivity index (χ0n) is 10.1. The number of hydrogen-bond donors (Lipinski definition) is 1. The van der Waals surface area contributed by atoms with Crippen molar-refractivity contribution in [1.82, 2.24) is 19.7 Å². The number of rotatable bonds is 4. The topological polar surface area (TPSA) is 55.6 Å². The Kier molecular flexibility index (Phi) is 3.19. The molecule has 0 radical (unpaired) electrons. The molecular weight excluding hydrogens is 341 g/mol. The van der Waals surface area contributed by atoms with Crippen LogP contribution in [0.15, 0.2) is 18.5 Å². The molecule has 0 spiro atoms. The third-order valence-corrected chi connectivity index (χ3v) is 3.37. The summed E-state index contributed by atoms with van der Waals surface area (Å²) >= 11 is 2.24. The van der Waals surface area contributed by atoms with Gasteiger partial charge in [-0.3, -0.25) is 0 Å². The summed E-state index contributed by atoms with van der Waals surface area (Å²) in [7, 11) is 0. The Morgan fingerprint density at radius 2 is 2.28 bits per heavy atom. The van der Waals surface area contributed by atoms with Crippen LogP contribution in [-0.2, 0) is 0 Å². The molecular formula is C12H14IN5. The second-order valence-corrected chi connectivity index (χ2v) is 5.62. The summed E-state index contributed by atoms with van der Waals surface area (Å²) < 4.78 is 2.90. The molecule has 2 heterocycles. The van der Waals surface area contributed by atoms with E-state index in [1.54, 1.807) is 4.68 Å². The highest BCUT2D eigenvalue weighted by atomic mass is 127. The van der Waals surface area contributed by atoms with Gasteiger partial charge >= 0.3 is 0 Å². The Labute approximate surface area is 119 Å². The lowest BCUT2D eigenvalue weighted by Gasteiger charge is -2.08. The quantitative estimate of drug-likeness (QED) is 0.857. The number of halogens is 1. The molecule has 1 aliphatic carbocycles. The summed E-state index contributed by atoms with van der Waals surface area (Å²) in [6.07, 6.45) is 6.19. The second kappa shape index (κ2) is 4.83. The first kappa shape index (κ1) is 11.9. The largest absolute Gasteiger partial charge is 0.370 e. The average Bonchev–Trinajstić information content (AvgIpc) is 3.12. The minimum absolute atomic E-state index is 0.539. The fourth-order valence-corrected chi connectivity index (χ4v) is 2.18. The molecule has 3 rings (SSSR count). The molecule has 0 unspecified atom stereocenters. The first-order chi connectivity index (χ1) is 8.76. The van der Waals surface area contributed by atoms with Crippen LogP contribution in [0.3, 0.4) is 0 Å². The van der Waals surface area contributed by atoms with Gasteiger partial charge in [-0.2, -0.15) is 5.10 Å². The van der Waals surface area contributed by atoms with Crippen molar-refractivity contribution in [2.75, 3.05) is 11.9 Å². The average molecular weight is 355 g/mol. The fraction of sp³-hybridized carbons (Fsp3) is 0.417. The molecule has 6 heteroatoms. The van der Waals surface area contributed by atoms with E-state index in [-0.39, 0.29) is 0 Å². The van der Waals surface area contributed by atoms with Crippen molar-refractivity contribution in [2.24, 2.45) is 0 Å². The van der Waals surface area contributed by atoms with Crippen LogP contribution < -0.4 is 5.32 Å². The third kappa shape index (κ3) is 2.47. The smallest absolute Gasteiger partial charge is 0.159 e. The Morgan fingerprint density at radius 1 is 1.44 bits per heavy atom. The van der Waals surface area contributed by atoms with Crippen LogP contribution in [0, 0.1) is 3.57 Å². The van der Waals surface area contributed by atoms with E-state index in [9.17, 15) is 0 Å². The number of anilines is 1. The molecule has 0 aromatic carbocycles. The third-order valence-electron chi connectivity index (χ3n) is 2.82. The van der Waals surface area contributed by atoms with Crippen molar-refractivity contribution in [3.63, 3.8) is 0 Å². The maximum absolute atomic E-state index is 4.61. The highest BCUT2D eigenvalue weighted by molar-refractivity contribution is 14.1. The summed E-state index contributed by atoms with van der Waals surface area (Å²) in [5, 5.41) is 7.55. The van der Waals surface area contributed by atoms with E-state index in [1.807, 2.05) is 18.5 Å². The van der Waals surface area contributed by atoms with Gasteiger partial charge in [-0.25, -0.2) is 14.6 Å². The van der Waals surface area contributed by atoms with Gasteiger partial charge in [0.1, 0.15) is 11.6 Å². The van der Waals surface area contributed by atoms with Gasteiger partial charge in [-0.1, -0.05) is 0 Å². The minimum atomic E-state index is 0.539. The normalized spacial score (nSPS) is 14.8. The van der Waals surface area contributed by atoms with Crippen molar-refractivity contribution in [1.29, 1.82) is 0 Å². The van der Waals surface area contributed by atoms with Gasteiger partial charge in [-0.15, -0.1) is 0 Å². The van der Waals surface area contributed by atoms with Crippen LogP contribution in [0.25, 0.3) is 5.82 Å². The summed E-state index contributed by atoms with van der Waals surface area (Å²) in [5.41, 5.74) is 0. The van der Waals surface area contributed by atoms with Gasteiger partial charge in [0, 0.05) is 24.7 Å². The molecule has 2 aromatic rings. The molecule has 18 heavy (non-hydrogen) atoms. The first-order valence-electron chi connectivity index (χ1n) is 6.09. The molecule has 0 amide bonds. The minimum Gasteiger partial charge on any atom is -0.370 e. The van der Waals surface area contributed by atoms with Crippen LogP contribution in [-0.4, -0.2) is 26.3 Å². The van der Waals surface area contributed by atoms with E-state index < -0.39 is 0 Å². The Morgan fingerprint density at radius 3 is 2.89 bits per heavy atom. The molecule has 0 atom stereocenters. The summed E-state index contributed by atoms with van der Waals surface area (Å²) in [6.45, 7) is 2.92. The molecule has 2 aromatic heterocycles. The van der Waals surface area contributed by atoms with E-state index in [2.05, 4.69) is 49.9 Å². The van der Waals surface area contributed by atoms with Gasteiger partial charge in [-0.05, 0) is 42.4 Å². The van der Waals surface area contributed by atoms with Crippen LogP contribution >= 0.6 is 22.6 Å². The molecule has 0 aliphatic heterocycles. The lowest BCUT2D eigenvalue weighted by molar-refractivity contribution is 0.810. The van der Waals surface area contributed by atoms with Crippen LogP contribution in [0.4, 0.5) is 5.82 Å². The molecule has 1 fully saturated rings. The predicted octanol–water partition coefficient (Wildman–Crippen LogP) is 2.58. The molecule has 1 saturated carbocycles. The van der Waals surface area contributed by atoms with Crippen LogP contribution in [0.5, 0.6) is 0 Å². The number of aromatic nitrogens is 4. The van der Waals surface area contributed by atoms with Crippen molar-refractivity contribution in [2.45, 2.75) is 25.7 Å². The van der Waals surface area contributed by atoms with Crippen molar-refractivity contribution in [3.05, 3.63) is 27.9 Å². The SMILES string of the molecule is CCNc1cc(-n2cc(I)cn2)nc(C2CC2)n1. The van der Waals surface area contributed by atoms with E-state index >= 15 is 0 Å². The van der Waals surface area contributed by atoms with Gasteiger partial charge in [0.25, 0.3) is 0 Å². The van der Waals surface area contributed by atoms with Crippen LogP contribution in [0.1, 0.15) is 31.5 Å². The number of nitrogens with zero attached hydrogens (tertiary/aromatic N) is 4. The molecule has 1 aliphatic rings. The Balaban J connectivity index is 2.01. The van der Waals surface area contributed by atoms with E-state index in [0.717, 1.165) is 27.6 Å². The Bertz CT molecular complexity index is 561. The molecule has 94 valence electrons. The predicted molar refractivity (Wildman–Crippen MR) is 78.0 cm³/mol. The number of nitrogens with one attached hydrogen (secondary N) is 1. The highest BCUT2D eigenvalue weighted by Crippen LogP contribution is 2.38. The van der Waals surface area contributed by atoms with Gasteiger partial charge in [0.15, 0.2) is 5.82 Å². The highest BCUT2D eigenvalue weighted by Gasteiger charge is 2.27. The second-order valence-electron chi connectivity index (χ2n) is 4.38. The van der Waals surface area contributed by atoms with E-state index in [1.165, 1.54) is 12.8 Å². The lowest BCUT2D eigenvalue weighted by atomic mass is 10.3. The van der Waals surface area contributed by atoms with Crippen molar-refractivity contribution >= 4 is 28.4 Å². The molecule has 0 bridgehead atoms. The van der Waals surface area contributed by atoms with E-state index in [4.69, 9.17) is 0 Å². The standard InChI is InChI=1S/C12H14IN5/c1-2-14-10-5-11(18-7-9(13)6-15-18)17-12(16-10)8-3-4-8/h5-8H,2-4H2,1H3,(H,14,16,17). The number of hydrogen-bond acceptors (Lipinski definition) is 4. The van der Waals surface area contributed by atoms with Gasteiger partial charge in [0.05, 0.1) is 9.77 Å². The maximum atomic E-state index is 4.61. The maximum Gasteiger partial charge on any atom is 0.159 e. The van der Waals surface area contributed by atoms with Gasteiger partial charge < -0.3 is 5.32 Å². The van der Waals surface area contributed by atoms with Crippen molar-refractivity contribution in [3.8, 4) is 5.82 Å². The van der Waals surface area contributed by atoms with Crippen LogP contribution in [0.2, 0.25) is 0 Å². The zero-order valence-corrected chi connectivity index (χ0v) is 12.3. The Hall–Kier alpha value is -1.18. The lowest BCUT2D eigenvalue weighted by Crippen LogP contribution is -2.07. The van der Waals surface area contributed by atoms with Crippen molar-refractivity contribution < 1.29 is 0 Å². The summed E-state index contributed by atoms with van der Waals surface area (Å²) in [6, 6.07) is 1.94. The fourth-order valence-electron chi connectivity index (χ4n) is 1.79. The molecule has 5 nitrogen and oxygen atoms in total. The molecule has 1 N–H and O–H groups in total. The summed E-state index contributed by atoms with van der Waals surface area (Å²) in [5.74, 6) is 3.20. The van der Waals surface area contributed by atoms with E-state index in [0.29, 0.717) is 5.92 Å². The first-order valence-corrected chi connectivity index (χ1v) is 7.17. The monoisotopic (exact) mass is 355 g/mol. The van der Waals surface area contributed by atoms with Gasteiger partial charge in [0.2, 0.25) is 0 Å².